The molecular formula is C27H27FN2. The Bertz CT molecular complexity index is 1170. The molecule has 0 atom stereocenters. The van der Waals surface area contributed by atoms with Gasteiger partial charge in [-0.05, 0) is 78.3 Å². The Kier molecular flexibility index (Phi) is 6.08. The van der Waals surface area contributed by atoms with Crippen molar-refractivity contribution in [2.45, 2.75) is 33.1 Å². The van der Waals surface area contributed by atoms with Gasteiger partial charge in [0.15, 0.2) is 0 Å². The third-order valence-corrected chi connectivity index (χ3v) is 5.64. The van der Waals surface area contributed by atoms with E-state index in [4.69, 9.17) is 4.99 Å². The molecule has 0 aliphatic rings. The summed E-state index contributed by atoms with van der Waals surface area (Å²) in [5.41, 5.74) is 8.20. The second-order valence-electron chi connectivity index (χ2n) is 7.77. The van der Waals surface area contributed by atoms with Crippen LogP contribution in [0.3, 0.4) is 0 Å². The van der Waals surface area contributed by atoms with Crippen molar-refractivity contribution in [3.63, 3.8) is 0 Å². The molecule has 152 valence electrons. The van der Waals surface area contributed by atoms with Gasteiger partial charge in [-0.1, -0.05) is 49.4 Å². The summed E-state index contributed by atoms with van der Waals surface area (Å²) in [6.45, 7) is 5.01. The Morgan fingerprint density at radius 3 is 2.50 bits per heavy atom. The van der Waals surface area contributed by atoms with Crippen LogP contribution >= 0.6 is 0 Å². The number of nitrogens with zero attached hydrogens (tertiary/aromatic N) is 1. The number of hydrogen-bond acceptors (Lipinski definition) is 1. The maximum atomic E-state index is 13.4. The van der Waals surface area contributed by atoms with E-state index < -0.39 is 0 Å². The summed E-state index contributed by atoms with van der Waals surface area (Å²) < 4.78 is 13.4. The number of halogens is 1. The van der Waals surface area contributed by atoms with E-state index in [1.54, 1.807) is 12.1 Å². The zero-order valence-electron chi connectivity index (χ0n) is 17.6. The van der Waals surface area contributed by atoms with Crippen LogP contribution in [-0.2, 0) is 19.3 Å². The summed E-state index contributed by atoms with van der Waals surface area (Å²) in [5, 5.41) is 1.31. The molecule has 1 heterocycles. The standard InChI is InChI=1S/C27H27FN2/c1-3-20-9-12-27-26(17-20)24(18-30-27)13-14-29-19(2)23-10-7-21(8-11-23)15-22-5-4-6-25(28)16-22/h4-12,16-18,30H,3,13-15H2,1-2H3. The number of H-pyrrole nitrogens is 1. The molecule has 0 saturated heterocycles. The molecule has 0 fully saturated rings. The van der Waals surface area contributed by atoms with Gasteiger partial charge in [0.1, 0.15) is 5.82 Å². The van der Waals surface area contributed by atoms with E-state index in [2.05, 4.69) is 67.5 Å². The Labute approximate surface area is 177 Å². The normalized spacial score (nSPS) is 11.9. The number of fused-ring (bicyclic) bond motifs is 1. The van der Waals surface area contributed by atoms with Crippen LogP contribution in [0.5, 0.6) is 0 Å². The molecule has 2 nitrogen and oxygen atoms in total. The third kappa shape index (κ3) is 4.68. The first-order valence-corrected chi connectivity index (χ1v) is 10.6. The van der Waals surface area contributed by atoms with E-state index in [0.29, 0.717) is 0 Å². The highest BCUT2D eigenvalue weighted by Gasteiger charge is 2.05. The van der Waals surface area contributed by atoms with Crippen molar-refractivity contribution in [3.05, 3.63) is 107 Å². The molecule has 0 unspecified atom stereocenters. The molecule has 3 aromatic carbocycles. The largest absolute Gasteiger partial charge is 0.361 e. The molecule has 1 aromatic heterocycles. The fourth-order valence-electron chi connectivity index (χ4n) is 3.83. The van der Waals surface area contributed by atoms with Gasteiger partial charge in [0.25, 0.3) is 0 Å². The number of aryl methyl sites for hydroxylation is 1. The number of aliphatic imine (C=N–C) groups is 1. The molecule has 4 rings (SSSR count). The Morgan fingerprint density at radius 1 is 0.933 bits per heavy atom. The molecule has 4 aromatic rings. The second kappa shape index (κ2) is 9.08. The summed E-state index contributed by atoms with van der Waals surface area (Å²) in [4.78, 5) is 8.16. The SMILES string of the molecule is CCc1ccc2[nH]cc(CCN=C(C)c3ccc(Cc4cccc(F)c4)cc3)c2c1. The van der Waals surface area contributed by atoms with Crippen LogP contribution in [-0.4, -0.2) is 17.2 Å². The van der Waals surface area contributed by atoms with Crippen molar-refractivity contribution in [2.24, 2.45) is 4.99 Å². The highest BCUT2D eigenvalue weighted by molar-refractivity contribution is 5.98. The van der Waals surface area contributed by atoms with Gasteiger partial charge in [-0.15, -0.1) is 0 Å². The van der Waals surface area contributed by atoms with Crippen LogP contribution in [0.2, 0.25) is 0 Å². The van der Waals surface area contributed by atoms with Gasteiger partial charge in [-0.3, -0.25) is 4.99 Å². The van der Waals surface area contributed by atoms with Gasteiger partial charge in [-0.25, -0.2) is 4.39 Å². The van der Waals surface area contributed by atoms with Crippen molar-refractivity contribution in [1.82, 2.24) is 4.98 Å². The van der Waals surface area contributed by atoms with Crippen LogP contribution in [0.1, 0.15) is 41.7 Å². The average molecular weight is 399 g/mol. The summed E-state index contributed by atoms with van der Waals surface area (Å²) in [7, 11) is 0. The fraction of sp³-hybridized carbons (Fsp3) is 0.222. The number of aromatic nitrogens is 1. The number of aromatic amines is 1. The van der Waals surface area contributed by atoms with Crippen LogP contribution in [0.15, 0.2) is 77.9 Å². The van der Waals surface area contributed by atoms with Gasteiger partial charge < -0.3 is 4.98 Å². The first-order chi connectivity index (χ1) is 14.6. The lowest BCUT2D eigenvalue weighted by Gasteiger charge is -2.06. The lowest BCUT2D eigenvalue weighted by atomic mass is 10.0. The fourth-order valence-corrected chi connectivity index (χ4v) is 3.83. The quantitative estimate of drug-likeness (QED) is 0.344. The predicted octanol–water partition coefficient (Wildman–Crippen LogP) is 6.51. The Hall–Kier alpha value is -3.20. The Morgan fingerprint density at radius 2 is 1.73 bits per heavy atom. The minimum atomic E-state index is -0.187. The van der Waals surface area contributed by atoms with Gasteiger partial charge in [0.05, 0.1) is 0 Å². The maximum absolute atomic E-state index is 13.4. The van der Waals surface area contributed by atoms with Gasteiger partial charge in [0, 0.05) is 29.4 Å². The van der Waals surface area contributed by atoms with Crippen molar-refractivity contribution in [2.75, 3.05) is 6.54 Å². The first kappa shape index (κ1) is 20.1. The van der Waals surface area contributed by atoms with Gasteiger partial charge >= 0.3 is 0 Å². The van der Waals surface area contributed by atoms with Gasteiger partial charge in [-0.2, -0.15) is 0 Å². The first-order valence-electron chi connectivity index (χ1n) is 10.6. The van der Waals surface area contributed by atoms with E-state index in [-0.39, 0.29) is 5.82 Å². The monoisotopic (exact) mass is 398 g/mol. The smallest absolute Gasteiger partial charge is 0.123 e. The van der Waals surface area contributed by atoms with Crippen LogP contribution in [0, 0.1) is 5.82 Å². The minimum absolute atomic E-state index is 0.187. The lowest BCUT2D eigenvalue weighted by Crippen LogP contribution is -1.99. The molecule has 30 heavy (non-hydrogen) atoms. The zero-order valence-corrected chi connectivity index (χ0v) is 17.6. The molecule has 1 N–H and O–H groups in total. The summed E-state index contributed by atoms with van der Waals surface area (Å²) >= 11 is 0. The summed E-state index contributed by atoms with van der Waals surface area (Å²) in [5.74, 6) is -0.187. The number of benzene rings is 3. The molecule has 0 saturated carbocycles. The van der Waals surface area contributed by atoms with Crippen molar-refractivity contribution >= 4 is 16.6 Å². The minimum Gasteiger partial charge on any atom is -0.361 e. The van der Waals surface area contributed by atoms with Crippen molar-refractivity contribution in [1.29, 1.82) is 0 Å². The zero-order chi connectivity index (χ0) is 20.9. The van der Waals surface area contributed by atoms with Crippen molar-refractivity contribution < 1.29 is 4.39 Å². The molecule has 0 amide bonds. The average Bonchev–Trinajstić information content (AvgIpc) is 3.16. The summed E-state index contributed by atoms with van der Waals surface area (Å²) in [6, 6.07) is 21.8. The molecule has 0 radical (unpaired) electrons. The van der Waals surface area contributed by atoms with E-state index in [9.17, 15) is 4.39 Å². The van der Waals surface area contributed by atoms with E-state index >= 15 is 0 Å². The molecular weight excluding hydrogens is 371 g/mol. The maximum Gasteiger partial charge on any atom is 0.123 e. The Balaban J connectivity index is 1.40. The number of nitrogens with one attached hydrogen (secondary N) is 1. The van der Waals surface area contributed by atoms with Crippen LogP contribution in [0.4, 0.5) is 4.39 Å². The lowest BCUT2D eigenvalue weighted by molar-refractivity contribution is 0.626. The molecule has 0 spiro atoms. The summed E-state index contributed by atoms with van der Waals surface area (Å²) in [6.07, 6.45) is 4.81. The topological polar surface area (TPSA) is 28.1 Å². The van der Waals surface area contributed by atoms with E-state index in [0.717, 1.165) is 42.6 Å². The second-order valence-corrected chi connectivity index (χ2v) is 7.77. The number of rotatable bonds is 7. The molecule has 0 bridgehead atoms. The predicted molar refractivity (Wildman–Crippen MR) is 124 cm³/mol. The van der Waals surface area contributed by atoms with Crippen molar-refractivity contribution in [3.8, 4) is 0 Å². The number of hydrogen-bond donors (Lipinski definition) is 1. The van der Waals surface area contributed by atoms with Crippen LogP contribution in [0.25, 0.3) is 10.9 Å². The van der Waals surface area contributed by atoms with Gasteiger partial charge in [0.2, 0.25) is 0 Å². The van der Waals surface area contributed by atoms with E-state index in [1.807, 2.05) is 6.07 Å². The third-order valence-electron chi connectivity index (χ3n) is 5.64. The molecule has 0 aliphatic heterocycles. The van der Waals surface area contributed by atoms with Crippen LogP contribution < -0.4 is 0 Å². The highest BCUT2D eigenvalue weighted by Crippen LogP contribution is 2.21. The molecule has 0 aliphatic carbocycles. The molecule has 3 heteroatoms. The van der Waals surface area contributed by atoms with E-state index in [1.165, 1.54) is 33.7 Å². The highest BCUT2D eigenvalue weighted by atomic mass is 19.1.